The minimum atomic E-state index is -0.602. The minimum Gasteiger partial charge on any atom is -0.444 e. The lowest BCUT2D eigenvalue weighted by Crippen LogP contribution is -2.54. The monoisotopic (exact) mass is 559 g/mol. The number of amides is 2. The summed E-state index contributed by atoms with van der Waals surface area (Å²) in [5.74, 6) is 0.249. The van der Waals surface area contributed by atoms with Crippen molar-refractivity contribution in [1.29, 1.82) is 0 Å². The first kappa shape index (κ1) is 28.2. The van der Waals surface area contributed by atoms with Crippen LogP contribution >= 0.6 is 11.6 Å². The summed E-state index contributed by atoms with van der Waals surface area (Å²) in [5.41, 5.74) is 5.79. The van der Waals surface area contributed by atoms with Crippen molar-refractivity contribution in [3.8, 4) is 11.1 Å². The first-order chi connectivity index (χ1) is 19.0. The smallest absolute Gasteiger partial charge is 0.407 e. The molecule has 210 valence electrons. The molecule has 1 aliphatic heterocycles. The van der Waals surface area contributed by atoms with Crippen LogP contribution in [-0.2, 0) is 22.6 Å². The van der Waals surface area contributed by atoms with Gasteiger partial charge in [0, 0.05) is 30.6 Å². The Bertz CT molecular complexity index is 1370. The van der Waals surface area contributed by atoms with E-state index in [-0.39, 0.29) is 11.8 Å². The molecule has 6 nitrogen and oxygen atoms in total. The fourth-order valence-electron chi connectivity index (χ4n) is 5.97. The summed E-state index contributed by atoms with van der Waals surface area (Å²) in [6.45, 7) is 9.85. The van der Waals surface area contributed by atoms with Crippen LogP contribution in [0, 0.1) is 0 Å². The van der Waals surface area contributed by atoms with Crippen LogP contribution in [0.2, 0.25) is 5.02 Å². The molecule has 1 fully saturated rings. The van der Waals surface area contributed by atoms with E-state index in [1.54, 1.807) is 6.07 Å². The molecule has 2 N–H and O–H groups in total. The van der Waals surface area contributed by atoms with Crippen LogP contribution in [0.3, 0.4) is 0 Å². The summed E-state index contributed by atoms with van der Waals surface area (Å²) in [5, 5.41) is 6.51. The molecule has 0 unspecified atom stereocenters. The van der Waals surface area contributed by atoms with Crippen molar-refractivity contribution in [2.45, 2.75) is 70.7 Å². The van der Waals surface area contributed by atoms with Gasteiger partial charge in [-0.25, -0.2) is 4.79 Å². The second kappa shape index (κ2) is 11.3. The van der Waals surface area contributed by atoms with Gasteiger partial charge < -0.3 is 15.4 Å². The molecule has 2 amide bonds. The molecule has 3 aromatic carbocycles. The number of rotatable bonds is 7. The molecule has 0 bridgehead atoms. The van der Waals surface area contributed by atoms with E-state index in [2.05, 4.69) is 71.0 Å². The summed E-state index contributed by atoms with van der Waals surface area (Å²) >= 11 is 6.49. The van der Waals surface area contributed by atoms with E-state index in [0.717, 1.165) is 37.1 Å². The SMILES string of the molecule is CC(C)(C)OC(=O)NCc1ccc(Cl)c(CNC(=O)[C@]2(C)CCCN2CC2c3ccccc3-c3ccccc32)c1. The lowest BCUT2D eigenvalue weighted by Gasteiger charge is -2.36. The molecule has 3 aromatic rings. The number of nitrogens with zero attached hydrogens (tertiary/aromatic N) is 1. The number of hydrogen-bond acceptors (Lipinski definition) is 4. The molecule has 40 heavy (non-hydrogen) atoms. The van der Waals surface area contributed by atoms with Gasteiger partial charge in [0.15, 0.2) is 0 Å². The molecular weight excluding hydrogens is 522 g/mol. The van der Waals surface area contributed by atoms with Crippen LogP contribution in [0.25, 0.3) is 11.1 Å². The number of alkyl carbamates (subject to hydrolysis) is 1. The Hall–Kier alpha value is -3.35. The Balaban J connectivity index is 1.25. The third-order valence-electron chi connectivity index (χ3n) is 8.03. The summed E-state index contributed by atoms with van der Waals surface area (Å²) in [4.78, 5) is 28.1. The predicted molar refractivity (Wildman–Crippen MR) is 159 cm³/mol. The normalized spacial score (nSPS) is 18.7. The Morgan fingerprint density at radius 3 is 2.27 bits per heavy atom. The molecule has 1 atom stereocenters. The van der Waals surface area contributed by atoms with Gasteiger partial charge in [-0.3, -0.25) is 9.69 Å². The van der Waals surface area contributed by atoms with Gasteiger partial charge in [0.2, 0.25) is 5.91 Å². The molecule has 1 heterocycles. The van der Waals surface area contributed by atoms with Crippen LogP contribution in [0.5, 0.6) is 0 Å². The van der Waals surface area contributed by atoms with E-state index in [9.17, 15) is 9.59 Å². The van der Waals surface area contributed by atoms with Crippen molar-refractivity contribution in [3.63, 3.8) is 0 Å². The highest BCUT2D eigenvalue weighted by Crippen LogP contribution is 2.46. The van der Waals surface area contributed by atoms with Crippen molar-refractivity contribution in [1.82, 2.24) is 15.5 Å². The van der Waals surface area contributed by atoms with Gasteiger partial charge >= 0.3 is 6.09 Å². The zero-order valence-electron chi connectivity index (χ0n) is 23.7. The average molecular weight is 560 g/mol. The second-order valence-corrected chi connectivity index (χ2v) is 12.4. The zero-order valence-corrected chi connectivity index (χ0v) is 24.5. The lowest BCUT2D eigenvalue weighted by molar-refractivity contribution is -0.131. The van der Waals surface area contributed by atoms with Gasteiger partial charge in [0.25, 0.3) is 0 Å². The average Bonchev–Trinajstić information content (AvgIpc) is 3.45. The standard InChI is InChI=1S/C33H38ClN3O3/c1-32(2,3)40-31(39)36-19-22-14-15-29(34)23(18-22)20-35-30(38)33(4)16-9-17-37(33)21-28-26-12-7-5-10-24(26)25-11-6-8-13-27(25)28/h5-8,10-15,18,28H,9,16-17,19-21H2,1-4H3,(H,35,38)(H,36,39)/t33-/m0/s1. The van der Waals surface area contributed by atoms with Crippen LogP contribution in [0.4, 0.5) is 4.79 Å². The molecule has 0 aromatic heterocycles. The highest BCUT2D eigenvalue weighted by molar-refractivity contribution is 6.31. The van der Waals surface area contributed by atoms with E-state index in [1.807, 2.05) is 32.9 Å². The van der Waals surface area contributed by atoms with Gasteiger partial charge in [0.05, 0.1) is 5.54 Å². The van der Waals surface area contributed by atoms with Crippen molar-refractivity contribution in [2.75, 3.05) is 13.1 Å². The Kier molecular flexibility index (Phi) is 7.94. The minimum absolute atomic E-state index is 0.0120. The number of likely N-dealkylation sites (tertiary alicyclic amines) is 1. The van der Waals surface area contributed by atoms with Gasteiger partial charge in [-0.15, -0.1) is 0 Å². The zero-order chi connectivity index (χ0) is 28.5. The molecule has 1 aliphatic carbocycles. The molecule has 7 heteroatoms. The van der Waals surface area contributed by atoms with E-state index >= 15 is 0 Å². The number of carbonyl (C=O) groups excluding carboxylic acids is 2. The highest BCUT2D eigenvalue weighted by atomic mass is 35.5. The maximum absolute atomic E-state index is 13.7. The maximum atomic E-state index is 13.7. The third-order valence-corrected chi connectivity index (χ3v) is 8.40. The Morgan fingerprint density at radius 1 is 0.975 bits per heavy atom. The van der Waals surface area contributed by atoms with E-state index in [0.29, 0.717) is 18.1 Å². The van der Waals surface area contributed by atoms with E-state index < -0.39 is 17.2 Å². The Morgan fingerprint density at radius 2 is 1.62 bits per heavy atom. The Labute approximate surface area is 242 Å². The largest absolute Gasteiger partial charge is 0.444 e. The van der Waals surface area contributed by atoms with Crippen molar-refractivity contribution >= 4 is 23.6 Å². The fourth-order valence-corrected chi connectivity index (χ4v) is 6.16. The number of ether oxygens (including phenoxy) is 1. The molecule has 0 spiro atoms. The van der Waals surface area contributed by atoms with Crippen LogP contribution in [-0.4, -0.2) is 41.1 Å². The van der Waals surface area contributed by atoms with Crippen LogP contribution in [0.15, 0.2) is 66.7 Å². The first-order valence-corrected chi connectivity index (χ1v) is 14.4. The predicted octanol–water partition coefficient (Wildman–Crippen LogP) is 6.65. The number of nitrogens with one attached hydrogen (secondary N) is 2. The second-order valence-electron chi connectivity index (χ2n) is 12.0. The van der Waals surface area contributed by atoms with Gasteiger partial charge in [-0.1, -0.05) is 72.3 Å². The van der Waals surface area contributed by atoms with Crippen molar-refractivity contribution in [2.24, 2.45) is 0 Å². The summed E-state index contributed by atoms with van der Waals surface area (Å²) in [7, 11) is 0. The van der Waals surface area contributed by atoms with E-state index in [1.165, 1.54) is 22.3 Å². The number of benzene rings is 3. The molecule has 0 radical (unpaired) electrons. The molecular formula is C33H38ClN3O3. The first-order valence-electron chi connectivity index (χ1n) is 14.0. The third kappa shape index (κ3) is 5.89. The lowest BCUT2D eigenvalue weighted by atomic mass is 9.92. The molecule has 2 aliphatic rings. The fraction of sp³-hybridized carbons (Fsp3) is 0.394. The van der Waals surface area contributed by atoms with Gasteiger partial charge in [-0.05, 0) is 86.5 Å². The molecule has 1 saturated heterocycles. The summed E-state index contributed by atoms with van der Waals surface area (Å²) < 4.78 is 5.32. The van der Waals surface area contributed by atoms with E-state index in [4.69, 9.17) is 16.3 Å². The number of halogens is 1. The topological polar surface area (TPSA) is 70.7 Å². The van der Waals surface area contributed by atoms with Gasteiger partial charge in [0.1, 0.15) is 5.60 Å². The number of fused-ring (bicyclic) bond motifs is 3. The van der Waals surface area contributed by atoms with Crippen molar-refractivity contribution < 1.29 is 14.3 Å². The van der Waals surface area contributed by atoms with Crippen molar-refractivity contribution in [3.05, 3.63) is 94.0 Å². The summed E-state index contributed by atoms with van der Waals surface area (Å²) in [6.07, 6.45) is 1.31. The quantitative estimate of drug-likeness (QED) is 0.340. The molecule has 5 rings (SSSR count). The summed E-state index contributed by atoms with van der Waals surface area (Å²) in [6, 6.07) is 22.8. The van der Waals surface area contributed by atoms with Crippen LogP contribution < -0.4 is 10.6 Å². The maximum Gasteiger partial charge on any atom is 0.407 e. The number of carbonyl (C=O) groups is 2. The van der Waals surface area contributed by atoms with Gasteiger partial charge in [-0.2, -0.15) is 0 Å². The number of hydrogen-bond donors (Lipinski definition) is 2. The van der Waals surface area contributed by atoms with Crippen LogP contribution in [0.1, 0.15) is 68.7 Å². The highest BCUT2D eigenvalue weighted by Gasteiger charge is 2.44. The molecule has 0 saturated carbocycles.